The van der Waals surface area contributed by atoms with Gasteiger partial charge in [0.15, 0.2) is 6.29 Å². The van der Waals surface area contributed by atoms with Crippen LogP contribution in [0.25, 0.3) is 0 Å². The van der Waals surface area contributed by atoms with Gasteiger partial charge in [0.05, 0.1) is 0 Å². The first-order valence-electron chi connectivity index (χ1n) is 8.74. The Kier molecular flexibility index (Phi) is 15.5. The maximum atomic E-state index is 5.90. The molecule has 0 aliphatic heterocycles. The molecule has 0 amide bonds. The van der Waals surface area contributed by atoms with Gasteiger partial charge in [0.2, 0.25) is 0 Å². The SMILES string of the molecule is CC(OCCCCC(N)CCN)OCCCCC(N)CCN. The Hall–Kier alpha value is -0.240. The Labute approximate surface area is 136 Å². The molecule has 0 aliphatic carbocycles. The van der Waals surface area contributed by atoms with E-state index in [2.05, 4.69) is 0 Å². The van der Waals surface area contributed by atoms with Crippen LogP contribution >= 0.6 is 0 Å². The second-order valence-electron chi connectivity index (χ2n) is 5.98. The van der Waals surface area contributed by atoms with Crippen LogP contribution in [0.3, 0.4) is 0 Å². The van der Waals surface area contributed by atoms with Crippen molar-refractivity contribution >= 4 is 0 Å². The van der Waals surface area contributed by atoms with Crippen LogP contribution in [0.15, 0.2) is 0 Å². The smallest absolute Gasteiger partial charge is 0.154 e. The van der Waals surface area contributed by atoms with E-state index in [1.54, 1.807) is 0 Å². The standard InChI is InChI=1S/C16H38N4O2/c1-14(21-12-4-2-6-15(19)8-10-17)22-13-5-3-7-16(20)9-11-18/h14-16H,2-13,17-20H2,1H3. The molecule has 0 aromatic carbocycles. The Morgan fingerprint density at radius 3 is 1.45 bits per heavy atom. The molecule has 0 bridgehead atoms. The lowest BCUT2D eigenvalue weighted by Gasteiger charge is -2.15. The average Bonchev–Trinajstić information content (AvgIpc) is 2.47. The van der Waals surface area contributed by atoms with Gasteiger partial charge < -0.3 is 32.4 Å². The lowest BCUT2D eigenvalue weighted by Crippen LogP contribution is -2.23. The monoisotopic (exact) mass is 318 g/mol. The third-order valence-electron chi connectivity index (χ3n) is 3.72. The van der Waals surface area contributed by atoms with Crippen molar-refractivity contribution in [3.63, 3.8) is 0 Å². The minimum atomic E-state index is -0.143. The van der Waals surface area contributed by atoms with Crippen molar-refractivity contribution in [1.82, 2.24) is 0 Å². The van der Waals surface area contributed by atoms with E-state index in [0.717, 1.165) is 64.6 Å². The molecule has 0 radical (unpaired) electrons. The van der Waals surface area contributed by atoms with E-state index >= 15 is 0 Å². The van der Waals surface area contributed by atoms with Gasteiger partial charge in [-0.1, -0.05) is 0 Å². The normalized spacial score (nSPS) is 15.7. The first-order chi connectivity index (χ1) is 10.6. The molecule has 134 valence electrons. The van der Waals surface area contributed by atoms with Gasteiger partial charge in [0.1, 0.15) is 0 Å². The van der Waals surface area contributed by atoms with Crippen molar-refractivity contribution < 1.29 is 9.47 Å². The highest BCUT2D eigenvalue weighted by atomic mass is 16.7. The minimum absolute atomic E-state index is 0.143. The first kappa shape index (κ1) is 21.8. The lowest BCUT2D eigenvalue weighted by atomic mass is 10.1. The maximum absolute atomic E-state index is 5.90. The summed E-state index contributed by atoms with van der Waals surface area (Å²) < 4.78 is 11.2. The fourth-order valence-electron chi connectivity index (χ4n) is 2.28. The summed E-state index contributed by atoms with van der Waals surface area (Å²) >= 11 is 0. The van der Waals surface area contributed by atoms with Crippen LogP contribution in [-0.2, 0) is 9.47 Å². The predicted molar refractivity (Wildman–Crippen MR) is 92.4 cm³/mol. The second kappa shape index (κ2) is 15.6. The molecule has 6 nitrogen and oxygen atoms in total. The topological polar surface area (TPSA) is 123 Å². The second-order valence-corrected chi connectivity index (χ2v) is 5.98. The third-order valence-corrected chi connectivity index (χ3v) is 3.72. The fourth-order valence-corrected chi connectivity index (χ4v) is 2.28. The van der Waals surface area contributed by atoms with Gasteiger partial charge in [-0.15, -0.1) is 0 Å². The number of hydrogen-bond acceptors (Lipinski definition) is 6. The average molecular weight is 319 g/mol. The molecule has 0 spiro atoms. The molecule has 0 aromatic rings. The van der Waals surface area contributed by atoms with Crippen molar-refractivity contribution in [1.29, 1.82) is 0 Å². The van der Waals surface area contributed by atoms with E-state index in [0.29, 0.717) is 13.1 Å². The van der Waals surface area contributed by atoms with Gasteiger partial charge in [-0.05, 0) is 71.4 Å². The summed E-state index contributed by atoms with van der Waals surface area (Å²) in [6, 6.07) is 0.452. The van der Waals surface area contributed by atoms with Crippen LogP contribution in [0.1, 0.15) is 58.3 Å². The molecule has 2 atom stereocenters. The molecule has 0 saturated heterocycles. The Balaban J connectivity index is 3.31. The summed E-state index contributed by atoms with van der Waals surface area (Å²) in [5.41, 5.74) is 22.7. The van der Waals surface area contributed by atoms with E-state index in [1.165, 1.54) is 0 Å². The summed E-state index contributed by atoms with van der Waals surface area (Å²) in [5.74, 6) is 0. The minimum Gasteiger partial charge on any atom is -0.353 e. The summed E-state index contributed by atoms with van der Waals surface area (Å²) in [6.07, 6.45) is 7.86. The molecule has 0 heterocycles. The van der Waals surface area contributed by atoms with E-state index in [4.69, 9.17) is 32.4 Å². The Morgan fingerprint density at radius 2 is 1.09 bits per heavy atom. The molecule has 0 rings (SSSR count). The van der Waals surface area contributed by atoms with Crippen LogP contribution in [0.5, 0.6) is 0 Å². The zero-order valence-corrected chi connectivity index (χ0v) is 14.3. The molecule has 6 heteroatoms. The van der Waals surface area contributed by atoms with E-state index in [-0.39, 0.29) is 18.4 Å². The van der Waals surface area contributed by atoms with Crippen molar-refractivity contribution in [3.8, 4) is 0 Å². The van der Waals surface area contributed by atoms with E-state index in [1.807, 2.05) is 6.92 Å². The highest BCUT2D eigenvalue weighted by Crippen LogP contribution is 2.06. The van der Waals surface area contributed by atoms with Crippen molar-refractivity contribution in [2.45, 2.75) is 76.7 Å². The fraction of sp³-hybridized carbons (Fsp3) is 1.00. The Morgan fingerprint density at radius 1 is 0.682 bits per heavy atom. The van der Waals surface area contributed by atoms with Gasteiger partial charge >= 0.3 is 0 Å². The quantitative estimate of drug-likeness (QED) is 0.249. The summed E-state index contributed by atoms with van der Waals surface area (Å²) in [7, 11) is 0. The highest BCUT2D eigenvalue weighted by Gasteiger charge is 2.05. The number of rotatable bonds is 16. The molecular weight excluding hydrogens is 280 g/mol. The molecule has 22 heavy (non-hydrogen) atoms. The van der Waals surface area contributed by atoms with Gasteiger partial charge in [0, 0.05) is 25.3 Å². The zero-order valence-electron chi connectivity index (χ0n) is 14.3. The van der Waals surface area contributed by atoms with Crippen LogP contribution in [0, 0.1) is 0 Å². The first-order valence-corrected chi connectivity index (χ1v) is 8.74. The molecule has 8 N–H and O–H groups in total. The lowest BCUT2D eigenvalue weighted by molar-refractivity contribution is -0.131. The highest BCUT2D eigenvalue weighted by molar-refractivity contribution is 4.62. The summed E-state index contributed by atoms with van der Waals surface area (Å²) in [4.78, 5) is 0. The maximum Gasteiger partial charge on any atom is 0.154 e. The van der Waals surface area contributed by atoms with Crippen LogP contribution in [-0.4, -0.2) is 44.7 Å². The zero-order chi connectivity index (χ0) is 16.6. The van der Waals surface area contributed by atoms with Crippen molar-refractivity contribution in [2.24, 2.45) is 22.9 Å². The van der Waals surface area contributed by atoms with Crippen LogP contribution in [0.4, 0.5) is 0 Å². The van der Waals surface area contributed by atoms with E-state index in [9.17, 15) is 0 Å². The molecule has 0 saturated carbocycles. The molecule has 2 unspecified atom stereocenters. The van der Waals surface area contributed by atoms with Gasteiger partial charge in [-0.3, -0.25) is 0 Å². The van der Waals surface area contributed by atoms with Crippen LogP contribution in [0.2, 0.25) is 0 Å². The molecule has 0 aromatic heterocycles. The van der Waals surface area contributed by atoms with Gasteiger partial charge in [-0.25, -0.2) is 0 Å². The van der Waals surface area contributed by atoms with E-state index < -0.39 is 0 Å². The molecule has 0 aliphatic rings. The number of ether oxygens (including phenoxy) is 2. The molecule has 0 fully saturated rings. The summed E-state index contributed by atoms with van der Waals surface area (Å²) in [6.45, 7) is 4.72. The Bertz CT molecular complexity index is 210. The third kappa shape index (κ3) is 14.7. The van der Waals surface area contributed by atoms with Gasteiger partial charge in [0.25, 0.3) is 0 Å². The molecular formula is C16H38N4O2. The number of unbranched alkanes of at least 4 members (excludes halogenated alkanes) is 2. The van der Waals surface area contributed by atoms with Crippen LogP contribution < -0.4 is 22.9 Å². The predicted octanol–water partition coefficient (Wildman–Crippen LogP) is 1.06. The van der Waals surface area contributed by atoms with Gasteiger partial charge in [-0.2, -0.15) is 0 Å². The summed E-state index contributed by atoms with van der Waals surface area (Å²) in [5, 5.41) is 0. The van der Waals surface area contributed by atoms with Crippen molar-refractivity contribution in [2.75, 3.05) is 26.3 Å². The largest absolute Gasteiger partial charge is 0.353 e. The number of nitrogens with two attached hydrogens (primary N) is 4. The van der Waals surface area contributed by atoms with Crippen molar-refractivity contribution in [3.05, 3.63) is 0 Å². The number of hydrogen-bond donors (Lipinski definition) is 4.